The molecule has 0 radical (unpaired) electrons. The average Bonchev–Trinajstić information content (AvgIpc) is 2.26. The van der Waals surface area contributed by atoms with Gasteiger partial charge in [0.2, 0.25) is 0 Å². The van der Waals surface area contributed by atoms with E-state index in [9.17, 15) is 9.59 Å². The highest BCUT2D eigenvalue weighted by Crippen LogP contribution is 2.06. The van der Waals surface area contributed by atoms with Gasteiger partial charge in [-0.05, 0) is 20.3 Å². The largest absolute Gasteiger partial charge is 0.364 e. The van der Waals surface area contributed by atoms with Crippen LogP contribution in [0, 0.1) is 13.8 Å². The first-order valence-electron chi connectivity index (χ1n) is 5.80. The van der Waals surface area contributed by atoms with E-state index in [1.54, 1.807) is 13.1 Å². The predicted molar refractivity (Wildman–Crippen MR) is 65.0 cm³/mol. The van der Waals surface area contributed by atoms with Crippen LogP contribution in [-0.2, 0) is 0 Å². The van der Waals surface area contributed by atoms with Gasteiger partial charge in [0.15, 0.2) is 11.2 Å². The van der Waals surface area contributed by atoms with Crippen molar-refractivity contribution in [3.8, 4) is 0 Å². The van der Waals surface area contributed by atoms with Gasteiger partial charge in [0.1, 0.15) is 0 Å². The molecule has 1 N–H and O–H groups in total. The van der Waals surface area contributed by atoms with Crippen molar-refractivity contribution in [2.24, 2.45) is 0 Å². The van der Waals surface area contributed by atoms with Gasteiger partial charge in [-0.3, -0.25) is 9.59 Å². The van der Waals surface area contributed by atoms with Crippen molar-refractivity contribution in [1.82, 2.24) is 4.98 Å². The van der Waals surface area contributed by atoms with Crippen LogP contribution >= 0.6 is 0 Å². The van der Waals surface area contributed by atoms with Gasteiger partial charge in [-0.1, -0.05) is 19.8 Å². The quantitative estimate of drug-likeness (QED) is 0.614. The van der Waals surface area contributed by atoms with E-state index in [0.717, 1.165) is 25.0 Å². The number of aromatic nitrogens is 1. The number of hydrogen-bond acceptors (Lipinski definition) is 2. The third-order valence-electron chi connectivity index (χ3n) is 2.89. The van der Waals surface area contributed by atoms with Gasteiger partial charge in [0, 0.05) is 23.9 Å². The van der Waals surface area contributed by atoms with Gasteiger partial charge in [0.05, 0.1) is 5.56 Å². The number of aromatic amines is 1. The Kier molecular flexibility index (Phi) is 4.47. The molecule has 0 bridgehead atoms. The molecule has 0 saturated heterocycles. The van der Waals surface area contributed by atoms with Crippen molar-refractivity contribution in [2.45, 2.75) is 46.5 Å². The van der Waals surface area contributed by atoms with Crippen LogP contribution in [0.25, 0.3) is 0 Å². The second-order valence-electron chi connectivity index (χ2n) is 4.16. The molecule has 88 valence electrons. The maximum absolute atomic E-state index is 11.8. The lowest BCUT2D eigenvalue weighted by atomic mass is 10.0. The van der Waals surface area contributed by atoms with Gasteiger partial charge in [-0.25, -0.2) is 0 Å². The lowest BCUT2D eigenvalue weighted by molar-refractivity contribution is 0.0978. The first-order chi connectivity index (χ1) is 7.57. The number of rotatable bonds is 5. The van der Waals surface area contributed by atoms with Crippen LogP contribution in [-0.4, -0.2) is 10.8 Å². The monoisotopic (exact) mass is 221 g/mol. The van der Waals surface area contributed by atoms with Crippen LogP contribution in [0.2, 0.25) is 0 Å². The van der Waals surface area contributed by atoms with Gasteiger partial charge in [-0.2, -0.15) is 0 Å². The van der Waals surface area contributed by atoms with Crippen LogP contribution in [0.15, 0.2) is 11.0 Å². The zero-order chi connectivity index (χ0) is 12.1. The molecule has 3 heteroatoms. The number of carbonyl (C=O) groups is 1. The van der Waals surface area contributed by atoms with Crippen molar-refractivity contribution in [3.63, 3.8) is 0 Å². The zero-order valence-electron chi connectivity index (χ0n) is 10.2. The highest BCUT2D eigenvalue weighted by molar-refractivity contribution is 5.95. The van der Waals surface area contributed by atoms with Crippen LogP contribution in [0.1, 0.15) is 54.2 Å². The van der Waals surface area contributed by atoms with Crippen LogP contribution < -0.4 is 5.43 Å². The van der Waals surface area contributed by atoms with Gasteiger partial charge in [0.25, 0.3) is 0 Å². The summed E-state index contributed by atoms with van der Waals surface area (Å²) in [7, 11) is 0. The van der Waals surface area contributed by atoms with Crippen molar-refractivity contribution in [1.29, 1.82) is 0 Å². The van der Waals surface area contributed by atoms with Crippen molar-refractivity contribution in [2.75, 3.05) is 0 Å². The first kappa shape index (κ1) is 12.7. The minimum Gasteiger partial charge on any atom is -0.364 e. The summed E-state index contributed by atoms with van der Waals surface area (Å²) in [6.45, 7) is 5.67. The summed E-state index contributed by atoms with van der Waals surface area (Å²) in [6, 6.07) is 0. The molecule has 3 nitrogen and oxygen atoms in total. The predicted octanol–water partition coefficient (Wildman–Crippen LogP) is 2.75. The Morgan fingerprint density at radius 2 is 2.00 bits per heavy atom. The second-order valence-corrected chi connectivity index (χ2v) is 4.16. The molecule has 1 rings (SSSR count). The SMILES string of the molecule is CCCCCC(=O)c1c[nH]c(C)c(C)c1=O. The number of Topliss-reactive ketones (excluding diaryl/α,β-unsaturated/α-hetero) is 1. The number of nitrogens with one attached hydrogen (secondary N) is 1. The molecule has 0 unspecified atom stereocenters. The molecular formula is C13H19NO2. The summed E-state index contributed by atoms with van der Waals surface area (Å²) in [6.07, 6.45) is 4.99. The maximum Gasteiger partial charge on any atom is 0.195 e. The molecule has 1 heterocycles. The zero-order valence-corrected chi connectivity index (χ0v) is 10.2. The van der Waals surface area contributed by atoms with E-state index < -0.39 is 0 Å². The van der Waals surface area contributed by atoms with Gasteiger partial charge >= 0.3 is 0 Å². The van der Waals surface area contributed by atoms with E-state index in [1.165, 1.54) is 0 Å². The molecule has 16 heavy (non-hydrogen) atoms. The minimum absolute atomic E-state index is 0.0437. The molecule has 1 aromatic rings. The van der Waals surface area contributed by atoms with E-state index >= 15 is 0 Å². The number of aryl methyl sites for hydroxylation is 1. The Morgan fingerprint density at radius 1 is 1.31 bits per heavy atom. The molecule has 0 fully saturated rings. The first-order valence-corrected chi connectivity index (χ1v) is 5.80. The summed E-state index contributed by atoms with van der Waals surface area (Å²) in [5, 5.41) is 0. The minimum atomic E-state index is -0.127. The molecule has 0 spiro atoms. The summed E-state index contributed by atoms with van der Waals surface area (Å²) >= 11 is 0. The number of hydrogen-bond donors (Lipinski definition) is 1. The number of pyridine rings is 1. The molecule has 0 amide bonds. The lowest BCUT2D eigenvalue weighted by Gasteiger charge is -2.03. The second kappa shape index (κ2) is 5.64. The third-order valence-corrected chi connectivity index (χ3v) is 2.89. The summed E-state index contributed by atoms with van der Waals surface area (Å²) < 4.78 is 0. The van der Waals surface area contributed by atoms with Crippen molar-refractivity contribution < 1.29 is 4.79 Å². The number of ketones is 1. The van der Waals surface area contributed by atoms with E-state index in [1.807, 2.05) is 6.92 Å². The molecule has 0 atom stereocenters. The molecule has 0 aliphatic rings. The van der Waals surface area contributed by atoms with Crippen molar-refractivity contribution >= 4 is 5.78 Å². The fraction of sp³-hybridized carbons (Fsp3) is 0.538. The van der Waals surface area contributed by atoms with Crippen LogP contribution in [0.5, 0.6) is 0 Å². The van der Waals surface area contributed by atoms with E-state index in [2.05, 4.69) is 11.9 Å². The van der Waals surface area contributed by atoms with E-state index in [0.29, 0.717) is 17.5 Å². The average molecular weight is 221 g/mol. The Bertz CT molecular complexity index is 432. The molecular weight excluding hydrogens is 202 g/mol. The number of H-pyrrole nitrogens is 1. The smallest absolute Gasteiger partial charge is 0.195 e. The Morgan fingerprint density at radius 3 is 2.62 bits per heavy atom. The fourth-order valence-corrected chi connectivity index (χ4v) is 1.60. The highest BCUT2D eigenvalue weighted by Gasteiger charge is 2.12. The highest BCUT2D eigenvalue weighted by atomic mass is 16.1. The Balaban J connectivity index is 2.85. The van der Waals surface area contributed by atoms with E-state index in [4.69, 9.17) is 0 Å². The maximum atomic E-state index is 11.8. The van der Waals surface area contributed by atoms with Crippen molar-refractivity contribution in [3.05, 3.63) is 33.2 Å². The molecule has 1 aromatic heterocycles. The van der Waals surface area contributed by atoms with Crippen LogP contribution in [0.4, 0.5) is 0 Å². The fourth-order valence-electron chi connectivity index (χ4n) is 1.60. The molecule has 0 aliphatic carbocycles. The topological polar surface area (TPSA) is 49.9 Å². The summed E-state index contributed by atoms with van der Waals surface area (Å²) in [4.78, 5) is 26.6. The summed E-state index contributed by atoms with van der Waals surface area (Å²) in [5.74, 6) is -0.0437. The molecule has 0 aromatic carbocycles. The number of carbonyl (C=O) groups excluding carboxylic acids is 1. The van der Waals surface area contributed by atoms with Gasteiger partial charge in [-0.15, -0.1) is 0 Å². The Labute approximate surface area is 95.9 Å². The standard InChI is InChI=1S/C13H19NO2/c1-4-5-6-7-12(15)11-8-14-10(3)9(2)13(11)16/h8H,4-7H2,1-3H3,(H,14,16). The van der Waals surface area contributed by atoms with E-state index in [-0.39, 0.29) is 11.2 Å². The molecule has 0 saturated carbocycles. The normalized spacial score (nSPS) is 10.4. The number of unbranched alkanes of at least 4 members (excludes halogenated alkanes) is 2. The molecule has 0 aliphatic heterocycles. The summed E-state index contributed by atoms with van der Waals surface area (Å²) in [5.41, 5.74) is 1.65. The van der Waals surface area contributed by atoms with Gasteiger partial charge < -0.3 is 4.98 Å². The third kappa shape index (κ3) is 2.81. The van der Waals surface area contributed by atoms with Crippen LogP contribution in [0.3, 0.4) is 0 Å². The Hall–Kier alpha value is -1.38. The lowest BCUT2D eigenvalue weighted by Crippen LogP contribution is -2.19.